The number of aryl methyl sites for hydroxylation is 1. The standard InChI is InChI=1S/C19H19N3O3S/c1-13-7-8-17-16(11-13)18(9-10-20-17)21-19(23)14-5-4-6-15(12-14)26(24,25)22(2)3/h4-12H,1-3H3,(H,20,21,23). The Balaban J connectivity index is 1.96. The molecule has 7 heteroatoms. The van der Waals surface area contributed by atoms with Gasteiger partial charge in [0.2, 0.25) is 10.0 Å². The molecule has 0 radical (unpaired) electrons. The number of fused-ring (bicyclic) bond motifs is 1. The van der Waals surface area contributed by atoms with E-state index in [2.05, 4.69) is 10.3 Å². The van der Waals surface area contributed by atoms with Crippen LogP contribution in [0.3, 0.4) is 0 Å². The van der Waals surface area contributed by atoms with Gasteiger partial charge in [-0.05, 0) is 43.3 Å². The molecule has 0 aliphatic carbocycles. The molecule has 3 aromatic rings. The molecule has 1 amide bonds. The van der Waals surface area contributed by atoms with Crippen LogP contribution < -0.4 is 5.32 Å². The Morgan fingerprint density at radius 1 is 1.08 bits per heavy atom. The molecule has 0 aliphatic heterocycles. The molecular weight excluding hydrogens is 350 g/mol. The number of carbonyl (C=O) groups excluding carboxylic acids is 1. The highest BCUT2D eigenvalue weighted by atomic mass is 32.2. The van der Waals surface area contributed by atoms with E-state index < -0.39 is 10.0 Å². The van der Waals surface area contributed by atoms with E-state index >= 15 is 0 Å². The van der Waals surface area contributed by atoms with Gasteiger partial charge in [0.05, 0.1) is 16.1 Å². The third-order valence-electron chi connectivity index (χ3n) is 4.02. The minimum Gasteiger partial charge on any atom is -0.321 e. The third kappa shape index (κ3) is 3.44. The van der Waals surface area contributed by atoms with Crippen LogP contribution in [0.25, 0.3) is 10.9 Å². The smallest absolute Gasteiger partial charge is 0.255 e. The lowest BCUT2D eigenvalue weighted by Crippen LogP contribution is -2.22. The first-order chi connectivity index (χ1) is 12.3. The van der Waals surface area contributed by atoms with Crippen LogP contribution in [0.2, 0.25) is 0 Å². The number of sulfonamides is 1. The van der Waals surface area contributed by atoms with Crippen molar-refractivity contribution < 1.29 is 13.2 Å². The lowest BCUT2D eigenvalue weighted by molar-refractivity contribution is 0.102. The molecule has 3 rings (SSSR count). The first kappa shape index (κ1) is 18.0. The van der Waals surface area contributed by atoms with Gasteiger partial charge >= 0.3 is 0 Å². The number of pyridine rings is 1. The molecular formula is C19H19N3O3S. The predicted octanol–water partition coefficient (Wildman–Crippen LogP) is 3.05. The maximum absolute atomic E-state index is 12.7. The Kier molecular flexibility index (Phi) is 4.76. The normalized spacial score (nSPS) is 11.7. The molecule has 26 heavy (non-hydrogen) atoms. The summed E-state index contributed by atoms with van der Waals surface area (Å²) in [7, 11) is -0.699. The average molecular weight is 369 g/mol. The number of benzene rings is 2. The Bertz CT molecular complexity index is 1090. The molecule has 0 atom stereocenters. The fourth-order valence-electron chi connectivity index (χ4n) is 2.57. The van der Waals surface area contributed by atoms with Crippen LogP contribution in [0.5, 0.6) is 0 Å². The van der Waals surface area contributed by atoms with Crippen LogP contribution in [-0.4, -0.2) is 37.7 Å². The van der Waals surface area contributed by atoms with Crippen molar-refractivity contribution in [2.24, 2.45) is 0 Å². The van der Waals surface area contributed by atoms with Gasteiger partial charge in [-0.3, -0.25) is 9.78 Å². The highest BCUT2D eigenvalue weighted by Gasteiger charge is 2.19. The number of nitrogens with one attached hydrogen (secondary N) is 1. The molecule has 0 aliphatic rings. The topological polar surface area (TPSA) is 79.4 Å². The van der Waals surface area contributed by atoms with E-state index in [-0.39, 0.29) is 16.4 Å². The molecule has 6 nitrogen and oxygen atoms in total. The number of carbonyl (C=O) groups is 1. The molecule has 0 spiro atoms. The van der Waals surface area contributed by atoms with Crippen LogP contribution in [0, 0.1) is 6.92 Å². The molecule has 1 heterocycles. The summed E-state index contributed by atoms with van der Waals surface area (Å²) in [5, 5.41) is 3.68. The van der Waals surface area contributed by atoms with Gasteiger partial charge in [0.25, 0.3) is 5.91 Å². The second kappa shape index (κ2) is 6.86. The number of nitrogens with zero attached hydrogens (tertiary/aromatic N) is 2. The van der Waals surface area contributed by atoms with Gasteiger partial charge < -0.3 is 5.32 Å². The number of amides is 1. The third-order valence-corrected chi connectivity index (χ3v) is 5.83. The number of hydrogen-bond acceptors (Lipinski definition) is 4. The van der Waals surface area contributed by atoms with Crippen molar-refractivity contribution in [2.45, 2.75) is 11.8 Å². The maximum atomic E-state index is 12.7. The monoisotopic (exact) mass is 369 g/mol. The van der Waals surface area contributed by atoms with E-state index in [0.717, 1.165) is 20.8 Å². The molecule has 0 bridgehead atoms. The zero-order valence-corrected chi connectivity index (χ0v) is 15.5. The summed E-state index contributed by atoms with van der Waals surface area (Å²) in [6.07, 6.45) is 1.63. The van der Waals surface area contributed by atoms with E-state index in [0.29, 0.717) is 5.69 Å². The quantitative estimate of drug-likeness (QED) is 0.767. The lowest BCUT2D eigenvalue weighted by Gasteiger charge is -2.13. The fourth-order valence-corrected chi connectivity index (χ4v) is 3.52. The molecule has 1 N–H and O–H groups in total. The molecule has 134 valence electrons. The molecule has 0 unspecified atom stereocenters. The summed E-state index contributed by atoms with van der Waals surface area (Å²) in [5.41, 5.74) is 2.73. The Morgan fingerprint density at radius 2 is 1.85 bits per heavy atom. The van der Waals surface area contributed by atoms with Gasteiger partial charge in [-0.25, -0.2) is 12.7 Å². The fraction of sp³-hybridized carbons (Fsp3) is 0.158. The van der Waals surface area contributed by atoms with Crippen molar-refractivity contribution in [1.82, 2.24) is 9.29 Å². The van der Waals surface area contributed by atoms with Gasteiger partial charge in [-0.15, -0.1) is 0 Å². The summed E-state index contributed by atoms with van der Waals surface area (Å²) in [6.45, 7) is 1.97. The highest BCUT2D eigenvalue weighted by molar-refractivity contribution is 7.89. The first-order valence-corrected chi connectivity index (χ1v) is 9.42. The zero-order chi connectivity index (χ0) is 18.9. The molecule has 0 saturated carbocycles. The van der Waals surface area contributed by atoms with Gasteiger partial charge in [0.1, 0.15) is 0 Å². The van der Waals surface area contributed by atoms with E-state index in [1.165, 1.54) is 26.2 Å². The highest BCUT2D eigenvalue weighted by Crippen LogP contribution is 2.23. The minimum atomic E-state index is -3.60. The summed E-state index contributed by atoms with van der Waals surface area (Å²) >= 11 is 0. The van der Waals surface area contributed by atoms with Crippen molar-refractivity contribution >= 4 is 32.5 Å². The minimum absolute atomic E-state index is 0.0746. The van der Waals surface area contributed by atoms with Crippen molar-refractivity contribution in [3.63, 3.8) is 0 Å². The number of rotatable bonds is 4. The number of aromatic nitrogens is 1. The molecule has 0 fully saturated rings. The molecule has 2 aromatic carbocycles. The summed E-state index contributed by atoms with van der Waals surface area (Å²) in [4.78, 5) is 17.0. The first-order valence-electron chi connectivity index (χ1n) is 7.98. The molecule has 1 aromatic heterocycles. The van der Waals surface area contributed by atoms with Crippen molar-refractivity contribution in [3.05, 3.63) is 65.9 Å². The number of hydrogen-bond donors (Lipinski definition) is 1. The number of anilines is 1. The Labute approximate surface area is 152 Å². The zero-order valence-electron chi connectivity index (χ0n) is 14.7. The maximum Gasteiger partial charge on any atom is 0.255 e. The van der Waals surface area contributed by atoms with E-state index in [1.807, 2.05) is 25.1 Å². The summed E-state index contributed by atoms with van der Waals surface area (Å²) < 4.78 is 25.6. The van der Waals surface area contributed by atoms with Gasteiger partial charge in [0.15, 0.2) is 0 Å². The van der Waals surface area contributed by atoms with Crippen molar-refractivity contribution in [1.29, 1.82) is 0 Å². The largest absolute Gasteiger partial charge is 0.321 e. The lowest BCUT2D eigenvalue weighted by atomic mass is 10.1. The Morgan fingerprint density at radius 3 is 2.58 bits per heavy atom. The molecule has 0 saturated heterocycles. The predicted molar refractivity (Wildman–Crippen MR) is 102 cm³/mol. The van der Waals surface area contributed by atoms with E-state index in [4.69, 9.17) is 0 Å². The van der Waals surface area contributed by atoms with Crippen molar-refractivity contribution in [3.8, 4) is 0 Å². The second-order valence-corrected chi connectivity index (χ2v) is 8.30. The van der Waals surface area contributed by atoms with Crippen LogP contribution in [0.1, 0.15) is 15.9 Å². The van der Waals surface area contributed by atoms with Gasteiger partial charge in [-0.1, -0.05) is 17.7 Å². The average Bonchev–Trinajstić information content (AvgIpc) is 2.62. The van der Waals surface area contributed by atoms with Crippen LogP contribution >= 0.6 is 0 Å². The Hall–Kier alpha value is -2.77. The van der Waals surface area contributed by atoms with E-state index in [1.54, 1.807) is 24.4 Å². The van der Waals surface area contributed by atoms with Crippen LogP contribution in [0.15, 0.2) is 59.6 Å². The van der Waals surface area contributed by atoms with Crippen LogP contribution in [0.4, 0.5) is 5.69 Å². The van der Waals surface area contributed by atoms with Crippen molar-refractivity contribution in [2.75, 3.05) is 19.4 Å². The summed E-state index contributed by atoms with van der Waals surface area (Å²) in [5.74, 6) is -0.380. The van der Waals surface area contributed by atoms with Crippen LogP contribution in [-0.2, 0) is 10.0 Å². The van der Waals surface area contributed by atoms with E-state index in [9.17, 15) is 13.2 Å². The SMILES string of the molecule is Cc1ccc2nccc(NC(=O)c3cccc(S(=O)(=O)N(C)C)c3)c2c1. The van der Waals surface area contributed by atoms with Gasteiger partial charge in [-0.2, -0.15) is 0 Å². The van der Waals surface area contributed by atoms with Gasteiger partial charge in [0, 0.05) is 31.2 Å². The second-order valence-electron chi connectivity index (χ2n) is 6.15. The summed E-state index contributed by atoms with van der Waals surface area (Å²) in [6, 6.07) is 13.5.